The van der Waals surface area contributed by atoms with E-state index in [1.54, 1.807) is 31.4 Å². The average Bonchev–Trinajstić information content (AvgIpc) is 2.64. The molecule has 0 unspecified atom stereocenters. The van der Waals surface area contributed by atoms with E-state index in [0.29, 0.717) is 17.2 Å². The van der Waals surface area contributed by atoms with Crippen LogP contribution in [0.2, 0.25) is 5.02 Å². The molecule has 0 aliphatic rings. The predicted octanol–water partition coefficient (Wildman–Crippen LogP) is 5.08. The summed E-state index contributed by atoms with van der Waals surface area (Å²) >= 11 is 5.99. The number of hydrogen-bond acceptors (Lipinski definition) is 3. The molecule has 0 saturated heterocycles. The van der Waals surface area contributed by atoms with Gasteiger partial charge in [-0.1, -0.05) is 43.6 Å². The molecule has 0 spiro atoms. The number of ether oxygens (including phenoxy) is 2. The van der Waals surface area contributed by atoms with Crippen molar-refractivity contribution in [2.24, 2.45) is 0 Å². The summed E-state index contributed by atoms with van der Waals surface area (Å²) in [5, 5.41) is 3.68. The van der Waals surface area contributed by atoms with Gasteiger partial charge in [-0.25, -0.2) is 0 Å². The molecule has 1 N–H and O–H groups in total. The number of amides is 1. The third-order valence-electron chi connectivity index (χ3n) is 4.28. The molecule has 0 aliphatic heterocycles. The Kier molecular flexibility index (Phi) is 7.34. The lowest BCUT2D eigenvalue weighted by molar-refractivity contribution is -0.128. The molecular formula is C21H26ClNO3. The van der Waals surface area contributed by atoms with Gasteiger partial charge in [0, 0.05) is 5.02 Å². The number of hydrogen-bond donors (Lipinski definition) is 1. The van der Waals surface area contributed by atoms with Crippen molar-refractivity contribution in [1.29, 1.82) is 0 Å². The molecule has 2 rings (SSSR count). The highest BCUT2D eigenvalue weighted by Crippen LogP contribution is 2.25. The summed E-state index contributed by atoms with van der Waals surface area (Å²) in [7, 11) is 1.65. The smallest absolute Gasteiger partial charge is 0.261 e. The first-order valence-electron chi connectivity index (χ1n) is 8.85. The fourth-order valence-corrected chi connectivity index (χ4v) is 3.01. The summed E-state index contributed by atoms with van der Waals surface area (Å²) in [5.74, 6) is 1.30. The molecule has 2 aromatic rings. The summed E-state index contributed by atoms with van der Waals surface area (Å²) in [6, 6.07) is 13.0. The van der Waals surface area contributed by atoms with Crippen LogP contribution in [0, 0.1) is 6.92 Å². The van der Waals surface area contributed by atoms with Gasteiger partial charge in [0.2, 0.25) is 0 Å². The Balaban J connectivity index is 2.10. The number of nitrogens with one attached hydrogen (secondary N) is 1. The second kappa shape index (κ2) is 9.48. The third-order valence-corrected chi connectivity index (χ3v) is 4.52. The summed E-state index contributed by atoms with van der Waals surface area (Å²) < 4.78 is 11.1. The van der Waals surface area contributed by atoms with Crippen molar-refractivity contribution in [1.82, 2.24) is 5.32 Å². The van der Waals surface area contributed by atoms with Crippen molar-refractivity contribution in [3.05, 3.63) is 58.6 Å². The van der Waals surface area contributed by atoms with Crippen molar-refractivity contribution in [3.8, 4) is 11.5 Å². The maximum absolute atomic E-state index is 12.7. The van der Waals surface area contributed by atoms with E-state index in [2.05, 4.69) is 5.32 Å². The highest BCUT2D eigenvalue weighted by atomic mass is 35.5. The fraction of sp³-hybridized carbons (Fsp3) is 0.381. The Morgan fingerprint density at radius 2 is 1.92 bits per heavy atom. The van der Waals surface area contributed by atoms with E-state index < -0.39 is 6.10 Å². The normalized spacial score (nSPS) is 13.0. The largest absolute Gasteiger partial charge is 0.496 e. The first kappa shape index (κ1) is 20.1. The van der Waals surface area contributed by atoms with Crippen LogP contribution in [0.15, 0.2) is 42.5 Å². The number of aryl methyl sites for hydroxylation is 1. The van der Waals surface area contributed by atoms with E-state index in [4.69, 9.17) is 21.1 Å². The molecule has 0 radical (unpaired) electrons. The van der Waals surface area contributed by atoms with E-state index in [0.717, 1.165) is 23.3 Å². The van der Waals surface area contributed by atoms with Crippen LogP contribution >= 0.6 is 11.6 Å². The molecule has 5 heteroatoms. The van der Waals surface area contributed by atoms with Crippen LogP contribution in [0.5, 0.6) is 11.5 Å². The topological polar surface area (TPSA) is 47.6 Å². The van der Waals surface area contributed by atoms with E-state index in [1.807, 2.05) is 39.0 Å². The number of rotatable bonds is 8. The summed E-state index contributed by atoms with van der Waals surface area (Å²) in [6.45, 7) is 5.96. The minimum Gasteiger partial charge on any atom is -0.496 e. The molecule has 140 valence electrons. The van der Waals surface area contributed by atoms with Gasteiger partial charge in [-0.2, -0.15) is 0 Å². The molecule has 0 aromatic heterocycles. The van der Waals surface area contributed by atoms with Crippen LogP contribution < -0.4 is 14.8 Å². The maximum Gasteiger partial charge on any atom is 0.261 e. The summed E-state index contributed by atoms with van der Waals surface area (Å²) in [5.41, 5.74) is 2.09. The van der Waals surface area contributed by atoms with Crippen LogP contribution in [0.3, 0.4) is 0 Å². The summed E-state index contributed by atoms with van der Waals surface area (Å²) in [6.07, 6.45) is 0.781. The number of benzene rings is 2. The molecular weight excluding hydrogens is 350 g/mol. The van der Waals surface area contributed by atoms with Gasteiger partial charge in [0.05, 0.1) is 13.2 Å². The van der Waals surface area contributed by atoms with Gasteiger partial charge in [-0.15, -0.1) is 0 Å². The van der Waals surface area contributed by atoms with Crippen LogP contribution in [-0.4, -0.2) is 19.1 Å². The van der Waals surface area contributed by atoms with Crippen molar-refractivity contribution in [2.45, 2.75) is 45.8 Å². The van der Waals surface area contributed by atoms with Gasteiger partial charge in [0.15, 0.2) is 6.10 Å². The first-order valence-corrected chi connectivity index (χ1v) is 9.23. The van der Waals surface area contributed by atoms with E-state index in [-0.39, 0.29) is 11.9 Å². The first-order chi connectivity index (χ1) is 12.5. The highest BCUT2D eigenvalue weighted by Gasteiger charge is 2.22. The predicted molar refractivity (Wildman–Crippen MR) is 105 cm³/mol. The number of halogens is 1. The maximum atomic E-state index is 12.7. The molecule has 0 bridgehead atoms. The molecule has 0 heterocycles. The Labute approximate surface area is 160 Å². The Bertz CT molecular complexity index is 748. The zero-order valence-corrected chi connectivity index (χ0v) is 16.5. The minimum atomic E-state index is -0.568. The molecule has 0 aliphatic carbocycles. The van der Waals surface area contributed by atoms with Crippen LogP contribution in [0.1, 0.15) is 43.9 Å². The van der Waals surface area contributed by atoms with Crippen molar-refractivity contribution >= 4 is 17.5 Å². The fourth-order valence-electron chi connectivity index (χ4n) is 2.83. The molecule has 2 aromatic carbocycles. The monoisotopic (exact) mass is 375 g/mol. The van der Waals surface area contributed by atoms with Crippen molar-refractivity contribution in [3.63, 3.8) is 0 Å². The average molecular weight is 376 g/mol. The van der Waals surface area contributed by atoms with Crippen LogP contribution in [0.25, 0.3) is 0 Å². The molecule has 26 heavy (non-hydrogen) atoms. The Morgan fingerprint density at radius 3 is 2.50 bits per heavy atom. The molecule has 2 atom stereocenters. The zero-order valence-electron chi connectivity index (χ0n) is 15.7. The third kappa shape index (κ3) is 5.15. The van der Waals surface area contributed by atoms with Crippen LogP contribution in [-0.2, 0) is 4.79 Å². The van der Waals surface area contributed by atoms with Gasteiger partial charge in [0.25, 0.3) is 5.91 Å². The molecule has 1 amide bonds. The zero-order chi connectivity index (χ0) is 19.1. The Hall–Kier alpha value is -2.20. The number of methoxy groups -OCH3 is 1. The lowest BCUT2D eigenvalue weighted by Gasteiger charge is -2.23. The van der Waals surface area contributed by atoms with Gasteiger partial charge in [-0.3, -0.25) is 4.79 Å². The quantitative estimate of drug-likeness (QED) is 0.699. The molecule has 0 fully saturated rings. The number of carbonyl (C=O) groups is 1. The lowest BCUT2D eigenvalue weighted by atomic mass is 10.0. The standard InChI is InChI=1S/C21H26ClNO3/c1-5-18(15-10-11-20(25-4)14(3)12-15)23-21(24)19(6-2)26-17-9-7-8-16(22)13-17/h7-13,18-19H,5-6H2,1-4H3,(H,23,24)/t18-,19-/m0/s1. The van der Waals surface area contributed by atoms with E-state index >= 15 is 0 Å². The highest BCUT2D eigenvalue weighted by molar-refractivity contribution is 6.30. The summed E-state index contributed by atoms with van der Waals surface area (Å²) in [4.78, 5) is 12.7. The van der Waals surface area contributed by atoms with Gasteiger partial charge < -0.3 is 14.8 Å². The SMILES string of the molecule is CC[C@H](Oc1cccc(Cl)c1)C(=O)N[C@@H](CC)c1ccc(OC)c(C)c1. The van der Waals surface area contributed by atoms with Gasteiger partial charge in [0.1, 0.15) is 11.5 Å². The van der Waals surface area contributed by atoms with E-state index in [1.165, 1.54) is 0 Å². The Morgan fingerprint density at radius 1 is 1.15 bits per heavy atom. The van der Waals surface area contributed by atoms with E-state index in [9.17, 15) is 4.79 Å². The second-order valence-electron chi connectivity index (χ2n) is 6.17. The van der Waals surface area contributed by atoms with Gasteiger partial charge >= 0.3 is 0 Å². The second-order valence-corrected chi connectivity index (χ2v) is 6.61. The molecule has 4 nitrogen and oxygen atoms in total. The van der Waals surface area contributed by atoms with Gasteiger partial charge in [-0.05, 0) is 55.2 Å². The molecule has 0 saturated carbocycles. The lowest BCUT2D eigenvalue weighted by Crippen LogP contribution is -2.40. The van der Waals surface area contributed by atoms with Crippen molar-refractivity contribution in [2.75, 3.05) is 7.11 Å². The van der Waals surface area contributed by atoms with Crippen molar-refractivity contribution < 1.29 is 14.3 Å². The number of carbonyl (C=O) groups excluding carboxylic acids is 1. The van der Waals surface area contributed by atoms with Crippen LogP contribution in [0.4, 0.5) is 0 Å². The minimum absolute atomic E-state index is 0.0795.